The topological polar surface area (TPSA) is 91.1 Å². The Hall–Kier alpha value is -2.31. The lowest BCUT2D eigenvalue weighted by Crippen LogP contribution is -2.53. The van der Waals surface area contributed by atoms with Crippen LogP contribution in [0.2, 0.25) is 0 Å². The Bertz CT molecular complexity index is 605. The normalized spacial score (nSPS) is 24.7. The number of aliphatic carboxylic acids is 1. The van der Waals surface area contributed by atoms with E-state index in [2.05, 4.69) is 0 Å². The lowest BCUT2D eigenvalue weighted by Gasteiger charge is -2.38. The molecule has 0 aromatic carbocycles. The molecule has 0 unspecified atom stereocenters. The van der Waals surface area contributed by atoms with E-state index in [0.717, 1.165) is 12.8 Å². The summed E-state index contributed by atoms with van der Waals surface area (Å²) in [5.74, 6) is -1.83. The van der Waals surface area contributed by atoms with Crippen molar-refractivity contribution in [1.29, 1.82) is 0 Å². The second kappa shape index (κ2) is 7.07. The fourth-order valence-electron chi connectivity index (χ4n) is 3.64. The predicted molar refractivity (Wildman–Crippen MR) is 84.3 cm³/mol. The molecule has 1 aliphatic heterocycles. The fraction of sp³-hybridized carbons (Fsp3) is 0.588. The number of carbonyl (C=O) groups is 3. The van der Waals surface area contributed by atoms with Gasteiger partial charge in [0.25, 0.3) is 5.91 Å². The summed E-state index contributed by atoms with van der Waals surface area (Å²) in [6.45, 7) is 1.76. The van der Waals surface area contributed by atoms with Crippen molar-refractivity contribution in [3.63, 3.8) is 0 Å². The summed E-state index contributed by atoms with van der Waals surface area (Å²) < 4.78 is 5.12. The van der Waals surface area contributed by atoms with Gasteiger partial charge in [-0.2, -0.15) is 0 Å². The van der Waals surface area contributed by atoms with E-state index in [1.807, 2.05) is 0 Å². The van der Waals surface area contributed by atoms with E-state index >= 15 is 0 Å². The van der Waals surface area contributed by atoms with Crippen LogP contribution in [0.25, 0.3) is 0 Å². The highest BCUT2D eigenvalue weighted by molar-refractivity contribution is 5.91. The summed E-state index contributed by atoms with van der Waals surface area (Å²) in [6, 6.07) is 3.29. The van der Waals surface area contributed by atoms with Gasteiger partial charge < -0.3 is 19.3 Å². The van der Waals surface area contributed by atoms with Crippen LogP contribution in [0, 0.1) is 11.8 Å². The lowest BCUT2D eigenvalue weighted by molar-refractivity contribution is -0.152. The molecule has 130 valence electrons. The van der Waals surface area contributed by atoms with E-state index in [0.29, 0.717) is 44.8 Å². The first kappa shape index (κ1) is 16.5. The summed E-state index contributed by atoms with van der Waals surface area (Å²) in [5.41, 5.74) is 0. The first-order chi connectivity index (χ1) is 11.6. The summed E-state index contributed by atoms with van der Waals surface area (Å²) >= 11 is 0. The first-order valence-electron chi connectivity index (χ1n) is 8.42. The van der Waals surface area contributed by atoms with Crippen LogP contribution in [-0.2, 0) is 9.59 Å². The Morgan fingerprint density at radius 3 is 2.21 bits per heavy atom. The van der Waals surface area contributed by atoms with Gasteiger partial charge in [0.1, 0.15) is 0 Å². The van der Waals surface area contributed by atoms with Gasteiger partial charge in [0.2, 0.25) is 5.91 Å². The van der Waals surface area contributed by atoms with Crippen LogP contribution in [0.1, 0.15) is 36.2 Å². The molecule has 2 heterocycles. The van der Waals surface area contributed by atoms with Crippen LogP contribution in [-0.4, -0.2) is 58.9 Å². The van der Waals surface area contributed by atoms with Gasteiger partial charge in [-0.25, -0.2) is 0 Å². The van der Waals surface area contributed by atoms with Crippen molar-refractivity contribution in [2.75, 3.05) is 26.2 Å². The molecule has 1 saturated heterocycles. The quantitative estimate of drug-likeness (QED) is 0.903. The summed E-state index contributed by atoms with van der Waals surface area (Å²) in [5, 5.41) is 9.34. The maximum Gasteiger partial charge on any atom is 0.307 e. The molecule has 3 rings (SSSR count). The fourth-order valence-corrected chi connectivity index (χ4v) is 3.64. The average molecular weight is 334 g/mol. The standard InChI is InChI=1S/C17H22N2O5/c20-15(12-4-1-2-5-13(12)17(22)23)18-7-9-19(10-8-18)16(21)14-6-3-11-24-14/h3,6,11-13H,1-2,4-5,7-10H2,(H,22,23)/t12-,13-/m1/s1. The molecule has 0 bridgehead atoms. The van der Waals surface area contributed by atoms with E-state index in [9.17, 15) is 19.5 Å². The van der Waals surface area contributed by atoms with Gasteiger partial charge in [0.15, 0.2) is 5.76 Å². The largest absolute Gasteiger partial charge is 0.481 e. The van der Waals surface area contributed by atoms with Crippen molar-refractivity contribution in [3.8, 4) is 0 Å². The molecule has 2 atom stereocenters. The zero-order chi connectivity index (χ0) is 17.1. The van der Waals surface area contributed by atoms with Crippen molar-refractivity contribution >= 4 is 17.8 Å². The third-order valence-electron chi connectivity index (χ3n) is 5.01. The minimum absolute atomic E-state index is 0.0767. The van der Waals surface area contributed by atoms with Crippen LogP contribution < -0.4 is 0 Å². The molecule has 1 aromatic rings. The van der Waals surface area contributed by atoms with Gasteiger partial charge in [-0.15, -0.1) is 0 Å². The second-order valence-corrected chi connectivity index (χ2v) is 6.43. The van der Waals surface area contributed by atoms with Crippen LogP contribution in [0.4, 0.5) is 0 Å². The van der Waals surface area contributed by atoms with Crippen molar-refractivity contribution in [2.24, 2.45) is 11.8 Å². The van der Waals surface area contributed by atoms with Crippen LogP contribution in [0.15, 0.2) is 22.8 Å². The molecule has 7 nitrogen and oxygen atoms in total. The van der Waals surface area contributed by atoms with Crippen LogP contribution in [0.3, 0.4) is 0 Å². The third-order valence-corrected chi connectivity index (χ3v) is 5.01. The minimum atomic E-state index is -0.875. The maximum absolute atomic E-state index is 12.7. The molecule has 7 heteroatoms. The molecule has 2 fully saturated rings. The predicted octanol–water partition coefficient (Wildman–Crippen LogP) is 1.45. The van der Waals surface area contributed by atoms with Crippen molar-refractivity contribution in [3.05, 3.63) is 24.2 Å². The number of carboxylic acids is 1. The van der Waals surface area contributed by atoms with Crippen molar-refractivity contribution < 1.29 is 23.9 Å². The molecule has 0 radical (unpaired) electrons. The Labute approximate surface area is 140 Å². The Balaban J connectivity index is 1.58. The molecule has 2 amide bonds. The molecule has 1 aliphatic carbocycles. The highest BCUT2D eigenvalue weighted by Crippen LogP contribution is 2.32. The maximum atomic E-state index is 12.7. The first-order valence-corrected chi connectivity index (χ1v) is 8.42. The summed E-state index contributed by atoms with van der Waals surface area (Å²) in [4.78, 5) is 39.7. The molecule has 0 spiro atoms. The number of amides is 2. The molecule has 2 aliphatic rings. The number of rotatable bonds is 3. The van der Waals surface area contributed by atoms with E-state index in [4.69, 9.17) is 4.42 Å². The molecule has 24 heavy (non-hydrogen) atoms. The van der Waals surface area contributed by atoms with Crippen molar-refractivity contribution in [1.82, 2.24) is 9.80 Å². The number of carbonyl (C=O) groups excluding carboxylic acids is 2. The highest BCUT2D eigenvalue weighted by Gasteiger charge is 2.38. The van der Waals surface area contributed by atoms with Gasteiger partial charge in [0.05, 0.1) is 18.1 Å². The monoisotopic (exact) mass is 334 g/mol. The lowest BCUT2D eigenvalue weighted by atomic mass is 9.78. The zero-order valence-electron chi connectivity index (χ0n) is 13.5. The van der Waals surface area contributed by atoms with E-state index in [1.54, 1.807) is 21.9 Å². The van der Waals surface area contributed by atoms with Gasteiger partial charge in [0, 0.05) is 26.2 Å². The number of carboxylic acid groups (broad SMARTS) is 1. The summed E-state index contributed by atoms with van der Waals surface area (Å²) in [6.07, 6.45) is 4.44. The van der Waals surface area contributed by atoms with Gasteiger partial charge in [-0.3, -0.25) is 14.4 Å². The van der Waals surface area contributed by atoms with Gasteiger partial charge >= 0.3 is 5.97 Å². The Morgan fingerprint density at radius 2 is 1.62 bits per heavy atom. The molecular formula is C17H22N2O5. The van der Waals surface area contributed by atoms with Gasteiger partial charge in [-0.05, 0) is 25.0 Å². The second-order valence-electron chi connectivity index (χ2n) is 6.43. The number of hydrogen-bond acceptors (Lipinski definition) is 4. The third kappa shape index (κ3) is 3.29. The van der Waals surface area contributed by atoms with Crippen LogP contribution in [0.5, 0.6) is 0 Å². The molecule has 1 aromatic heterocycles. The summed E-state index contributed by atoms with van der Waals surface area (Å²) in [7, 11) is 0. The highest BCUT2D eigenvalue weighted by atomic mass is 16.4. The number of piperazine rings is 1. The Kier molecular flexibility index (Phi) is 4.87. The molecular weight excluding hydrogens is 312 g/mol. The van der Waals surface area contributed by atoms with E-state index < -0.39 is 17.8 Å². The minimum Gasteiger partial charge on any atom is -0.481 e. The van der Waals surface area contributed by atoms with E-state index in [-0.39, 0.29) is 11.8 Å². The average Bonchev–Trinajstić information content (AvgIpc) is 3.15. The smallest absolute Gasteiger partial charge is 0.307 e. The number of nitrogens with zero attached hydrogens (tertiary/aromatic N) is 2. The molecule has 1 saturated carbocycles. The van der Waals surface area contributed by atoms with Gasteiger partial charge in [-0.1, -0.05) is 12.8 Å². The number of hydrogen-bond donors (Lipinski definition) is 1. The Morgan fingerprint density at radius 1 is 1.00 bits per heavy atom. The SMILES string of the molecule is O=C(O)[C@@H]1CCCC[C@H]1C(=O)N1CCN(C(=O)c2ccco2)CC1. The zero-order valence-corrected chi connectivity index (χ0v) is 13.5. The number of furan rings is 1. The van der Waals surface area contributed by atoms with Crippen LogP contribution >= 0.6 is 0 Å². The van der Waals surface area contributed by atoms with E-state index in [1.165, 1.54) is 6.26 Å². The molecule has 1 N–H and O–H groups in total. The van der Waals surface area contributed by atoms with Crippen molar-refractivity contribution in [2.45, 2.75) is 25.7 Å².